The van der Waals surface area contributed by atoms with Crippen molar-refractivity contribution in [1.29, 1.82) is 0 Å². The molecule has 6 heavy (non-hydrogen) atoms. The molecule has 32 valence electrons. The van der Waals surface area contributed by atoms with Crippen LogP contribution < -0.4 is 0 Å². The van der Waals surface area contributed by atoms with Crippen molar-refractivity contribution in [3.63, 3.8) is 0 Å². The molecule has 0 heterocycles. The summed E-state index contributed by atoms with van der Waals surface area (Å²) in [4.78, 5) is 0. The zero-order valence-electron chi connectivity index (χ0n) is 4.15. The fourth-order valence-corrected chi connectivity index (χ4v) is 0.0962. The van der Waals surface area contributed by atoms with E-state index in [1.54, 1.807) is 0 Å². The average molecular weight is 79.9 g/mol. The lowest BCUT2D eigenvalue weighted by atomic mass is 9.53. The third kappa shape index (κ3) is 1.83. The van der Waals surface area contributed by atoms with E-state index in [1.165, 1.54) is 0 Å². The second-order valence-electron chi connectivity index (χ2n) is 1.33. The van der Waals surface area contributed by atoms with E-state index in [2.05, 4.69) is 13.2 Å². The van der Waals surface area contributed by atoms with Crippen molar-refractivity contribution in [3.05, 3.63) is 25.1 Å². The quantitative estimate of drug-likeness (QED) is 0.441. The van der Waals surface area contributed by atoms with Gasteiger partial charge in [-0.25, -0.2) is 0 Å². The van der Waals surface area contributed by atoms with E-state index >= 15 is 0 Å². The molecule has 0 amide bonds. The molecule has 1 heteroatoms. The molecule has 0 aliphatic rings. The Bertz CT molecular complexity index is 49.0. The molecule has 0 aromatic carbocycles. The van der Waals surface area contributed by atoms with Gasteiger partial charge in [0.2, 0.25) is 0 Å². The minimum atomic E-state index is 0.463. The van der Waals surface area contributed by atoms with Crippen LogP contribution in [0.2, 0.25) is 6.82 Å². The third-order valence-corrected chi connectivity index (χ3v) is 0.744. The van der Waals surface area contributed by atoms with Crippen LogP contribution in [-0.4, -0.2) is 6.71 Å². The Morgan fingerprint density at radius 1 is 1.33 bits per heavy atom. The van der Waals surface area contributed by atoms with E-state index in [0.717, 1.165) is 0 Å². The van der Waals surface area contributed by atoms with E-state index in [1.807, 2.05) is 18.8 Å². The van der Waals surface area contributed by atoms with Gasteiger partial charge >= 0.3 is 0 Å². The van der Waals surface area contributed by atoms with Gasteiger partial charge in [-0.2, -0.15) is 0 Å². The molecule has 0 aliphatic carbocycles. The Hall–Kier alpha value is -0.455. The standard InChI is InChI=1S/C5H9B/c1-4-6(3)5-2/h4-5H,1-2H2,3H3. The summed E-state index contributed by atoms with van der Waals surface area (Å²) >= 11 is 0. The van der Waals surface area contributed by atoms with Gasteiger partial charge in [0.15, 0.2) is 6.71 Å². The van der Waals surface area contributed by atoms with Gasteiger partial charge in [-0.15, -0.1) is 25.1 Å². The van der Waals surface area contributed by atoms with Crippen LogP contribution in [-0.2, 0) is 0 Å². The highest BCUT2D eigenvalue weighted by Gasteiger charge is 1.86. The molecule has 0 nitrogen and oxygen atoms in total. The molecule has 0 spiro atoms. The van der Waals surface area contributed by atoms with Crippen LogP contribution in [0.4, 0.5) is 0 Å². The van der Waals surface area contributed by atoms with Crippen LogP contribution >= 0.6 is 0 Å². The van der Waals surface area contributed by atoms with Gasteiger partial charge in [0.05, 0.1) is 0 Å². The highest BCUT2D eigenvalue weighted by Crippen LogP contribution is 1.78. The van der Waals surface area contributed by atoms with Gasteiger partial charge in [-0.3, -0.25) is 0 Å². The Labute approximate surface area is 39.6 Å². The Morgan fingerprint density at radius 3 is 1.67 bits per heavy atom. The van der Waals surface area contributed by atoms with E-state index in [9.17, 15) is 0 Å². The molecule has 0 unspecified atom stereocenters. The summed E-state index contributed by atoms with van der Waals surface area (Å²) in [6, 6.07) is 0. The summed E-state index contributed by atoms with van der Waals surface area (Å²) in [5, 5.41) is 0. The van der Waals surface area contributed by atoms with Crippen molar-refractivity contribution in [3.8, 4) is 0 Å². The minimum Gasteiger partial charge on any atom is -0.118 e. The van der Waals surface area contributed by atoms with E-state index in [0.29, 0.717) is 6.71 Å². The van der Waals surface area contributed by atoms with E-state index in [4.69, 9.17) is 0 Å². The van der Waals surface area contributed by atoms with Crippen molar-refractivity contribution in [1.82, 2.24) is 0 Å². The summed E-state index contributed by atoms with van der Waals surface area (Å²) in [7, 11) is 0. The average Bonchev–Trinajstić information content (AvgIpc) is 1.65. The number of hydrogen-bond acceptors (Lipinski definition) is 0. The van der Waals surface area contributed by atoms with Crippen LogP contribution in [0, 0.1) is 0 Å². The fourth-order valence-electron chi connectivity index (χ4n) is 0.0962. The molecule has 0 aromatic rings. The predicted molar refractivity (Wildman–Crippen MR) is 32.0 cm³/mol. The van der Waals surface area contributed by atoms with Crippen molar-refractivity contribution in [2.75, 3.05) is 0 Å². The monoisotopic (exact) mass is 80.1 g/mol. The van der Waals surface area contributed by atoms with Gasteiger partial charge in [0.25, 0.3) is 0 Å². The second kappa shape index (κ2) is 2.76. The molecule has 0 fully saturated rings. The van der Waals surface area contributed by atoms with Crippen LogP contribution in [0.3, 0.4) is 0 Å². The summed E-state index contributed by atoms with van der Waals surface area (Å²) < 4.78 is 0. The molecule has 0 saturated carbocycles. The first-order valence-electron chi connectivity index (χ1n) is 2.06. The lowest BCUT2D eigenvalue weighted by Crippen LogP contribution is -1.93. The minimum absolute atomic E-state index is 0.463. The molecular formula is C5H9B. The molecule has 0 N–H and O–H groups in total. The smallest absolute Gasteiger partial charge is 0.118 e. The Kier molecular flexibility index (Phi) is 2.56. The molecule has 0 saturated heterocycles. The maximum Gasteiger partial charge on any atom is 0.187 e. The highest BCUT2D eigenvalue weighted by molar-refractivity contribution is 6.67. The predicted octanol–water partition coefficient (Wildman–Crippen LogP) is 1.56. The van der Waals surface area contributed by atoms with Crippen molar-refractivity contribution in [2.24, 2.45) is 0 Å². The van der Waals surface area contributed by atoms with Gasteiger partial charge in [-0.1, -0.05) is 6.82 Å². The summed E-state index contributed by atoms with van der Waals surface area (Å²) in [5.41, 5.74) is 0. The van der Waals surface area contributed by atoms with Gasteiger partial charge in [0, 0.05) is 0 Å². The van der Waals surface area contributed by atoms with E-state index < -0.39 is 0 Å². The van der Waals surface area contributed by atoms with Gasteiger partial charge in [-0.05, 0) is 0 Å². The van der Waals surface area contributed by atoms with Crippen molar-refractivity contribution < 1.29 is 0 Å². The first-order chi connectivity index (χ1) is 2.81. The normalized spacial score (nSPS) is 6.83. The van der Waals surface area contributed by atoms with Crippen molar-refractivity contribution >= 4 is 6.71 Å². The van der Waals surface area contributed by atoms with Crippen LogP contribution in [0.1, 0.15) is 0 Å². The van der Waals surface area contributed by atoms with Gasteiger partial charge in [0.1, 0.15) is 0 Å². The first kappa shape index (κ1) is 5.54. The van der Waals surface area contributed by atoms with Crippen molar-refractivity contribution in [2.45, 2.75) is 6.82 Å². The summed E-state index contributed by atoms with van der Waals surface area (Å²) in [5.74, 6) is 3.71. The SMILES string of the molecule is C=CB(C)C=C. The van der Waals surface area contributed by atoms with E-state index in [-0.39, 0.29) is 0 Å². The lowest BCUT2D eigenvalue weighted by Gasteiger charge is -1.81. The lowest BCUT2D eigenvalue weighted by molar-refractivity contribution is 2.11. The number of rotatable bonds is 2. The third-order valence-electron chi connectivity index (χ3n) is 0.744. The van der Waals surface area contributed by atoms with Gasteiger partial charge < -0.3 is 0 Å². The summed E-state index contributed by atoms with van der Waals surface area (Å²) in [6.07, 6.45) is 0. The molecule has 0 aliphatic heterocycles. The second-order valence-corrected chi connectivity index (χ2v) is 1.33. The zero-order valence-corrected chi connectivity index (χ0v) is 4.15. The molecular weight excluding hydrogens is 70.9 g/mol. The van der Waals surface area contributed by atoms with Crippen LogP contribution in [0.25, 0.3) is 0 Å². The topological polar surface area (TPSA) is 0 Å². The largest absolute Gasteiger partial charge is 0.187 e. The highest BCUT2D eigenvalue weighted by atomic mass is 13.4. The zero-order chi connectivity index (χ0) is 4.99. The number of hydrogen-bond donors (Lipinski definition) is 0. The summed E-state index contributed by atoms with van der Waals surface area (Å²) in [6.45, 7) is 9.62. The molecule has 0 atom stereocenters. The molecule has 0 radical (unpaired) electrons. The molecule has 0 aromatic heterocycles. The Balaban J connectivity index is 3.21. The van der Waals surface area contributed by atoms with Crippen LogP contribution in [0.15, 0.2) is 25.1 Å². The molecule has 0 bridgehead atoms. The molecule has 0 rings (SSSR count). The Morgan fingerprint density at radius 2 is 1.67 bits per heavy atom. The first-order valence-corrected chi connectivity index (χ1v) is 2.06. The maximum atomic E-state index is 3.56. The van der Waals surface area contributed by atoms with Crippen LogP contribution in [0.5, 0.6) is 0 Å². The maximum absolute atomic E-state index is 3.56. The fraction of sp³-hybridized carbons (Fsp3) is 0.200.